The molecule has 0 spiro atoms. The molecule has 2 atom stereocenters. The van der Waals surface area contributed by atoms with Crippen LogP contribution >= 0.6 is 17.0 Å². The van der Waals surface area contributed by atoms with Gasteiger partial charge in [0.2, 0.25) is 0 Å². The first-order valence-electron chi connectivity index (χ1n) is 17.3. The van der Waals surface area contributed by atoms with Gasteiger partial charge in [0.05, 0.1) is 0 Å². The number of hydrogen-bond donors (Lipinski definition) is 2. The fourth-order valence-electron chi connectivity index (χ4n) is 8.51. The van der Waals surface area contributed by atoms with Crippen molar-refractivity contribution in [2.75, 3.05) is 0 Å². The zero-order valence-electron chi connectivity index (χ0n) is 30.2. The molecule has 8 heteroatoms. The van der Waals surface area contributed by atoms with Crippen LogP contribution in [0.25, 0.3) is 34.4 Å². The molecule has 2 unspecified atom stereocenters. The maximum absolute atomic E-state index is 12.5. The molecule has 2 N–H and O–H groups in total. The van der Waals surface area contributed by atoms with Crippen LogP contribution in [0, 0.1) is 24.7 Å². The van der Waals surface area contributed by atoms with Crippen LogP contribution in [0.15, 0.2) is 96.1 Å². The average Bonchev–Trinajstić information content (AvgIpc) is 3.67. The number of carbonyl (C=O) groups is 2. The van der Waals surface area contributed by atoms with E-state index in [0.717, 1.165) is 55.7 Å². The van der Waals surface area contributed by atoms with Crippen LogP contribution < -0.4 is 10.5 Å². The Morgan fingerprint density at radius 1 is 0.580 bits per heavy atom. The van der Waals surface area contributed by atoms with E-state index in [1.165, 1.54) is 11.1 Å². The molecule has 4 aromatic rings. The molecule has 4 aromatic carbocycles. The number of hydrogen-bond acceptors (Lipinski definition) is 2. The molecule has 2 aliphatic rings. The van der Waals surface area contributed by atoms with Crippen molar-refractivity contribution in [3.8, 4) is 22.3 Å². The second-order valence-electron chi connectivity index (χ2n) is 16.0. The monoisotopic (exact) mass is 781 g/mol. The third-order valence-corrected chi connectivity index (χ3v) is 30.6. The molecule has 0 aromatic heterocycles. The molecule has 0 bridgehead atoms. The first-order valence-corrected chi connectivity index (χ1v) is 27.9. The van der Waals surface area contributed by atoms with E-state index in [2.05, 4.69) is 163 Å². The van der Waals surface area contributed by atoms with Gasteiger partial charge in [-0.1, -0.05) is 0 Å². The van der Waals surface area contributed by atoms with Crippen molar-refractivity contribution in [1.29, 1.82) is 0 Å². The number of benzene rings is 4. The van der Waals surface area contributed by atoms with Crippen LogP contribution in [0.4, 0.5) is 0 Å². The SMILES string of the molecule is Cc1ccccc1-c1cccc2c1C=C(C(C)(C)C)[CH]2[Zr]([Cl])([Cl])([B](NC=O)NC=O)[CH]1C(C(C)(C)C)=Cc2c(-c3ccccc3C)cccc21. The Morgan fingerprint density at radius 2 is 0.940 bits per heavy atom. The summed E-state index contributed by atoms with van der Waals surface area (Å²) in [7, 11) is 17.4. The number of amides is 2. The minimum absolute atomic E-state index is 0.353. The number of carbonyl (C=O) groups excluding carboxylic acids is 2. The fraction of sp³-hybridized carbons (Fsp3) is 0.286. The van der Waals surface area contributed by atoms with Gasteiger partial charge in [-0.15, -0.1) is 0 Å². The Hall–Kier alpha value is -3.17. The Balaban J connectivity index is 1.74. The normalized spacial score (nSPS) is 17.8. The van der Waals surface area contributed by atoms with Crippen molar-refractivity contribution in [2.24, 2.45) is 10.8 Å². The number of fused-ring (bicyclic) bond motifs is 2. The van der Waals surface area contributed by atoms with Gasteiger partial charge in [0.15, 0.2) is 0 Å². The Bertz CT molecular complexity index is 1930. The molecule has 4 nitrogen and oxygen atoms in total. The van der Waals surface area contributed by atoms with E-state index in [4.69, 9.17) is 17.0 Å². The van der Waals surface area contributed by atoms with Crippen molar-refractivity contribution >= 4 is 46.5 Å². The molecule has 0 saturated carbocycles. The molecule has 2 amide bonds. The summed E-state index contributed by atoms with van der Waals surface area (Å²) in [6.45, 7) is 17.4. The Morgan fingerprint density at radius 3 is 1.28 bits per heavy atom. The van der Waals surface area contributed by atoms with Gasteiger partial charge in [0, 0.05) is 0 Å². The molecular weight excluding hydrogens is 737 g/mol. The number of aryl methyl sites for hydroxylation is 2. The molecule has 0 saturated heterocycles. The quantitative estimate of drug-likeness (QED) is 0.131. The molecule has 0 radical (unpaired) electrons. The van der Waals surface area contributed by atoms with E-state index in [-0.39, 0.29) is 10.8 Å². The maximum atomic E-state index is 12.5. The van der Waals surface area contributed by atoms with Gasteiger partial charge in [0.25, 0.3) is 0 Å². The van der Waals surface area contributed by atoms with Crippen LogP contribution in [0.2, 0.25) is 0 Å². The summed E-state index contributed by atoms with van der Waals surface area (Å²) in [6, 6.07) is 29.6. The van der Waals surface area contributed by atoms with Crippen molar-refractivity contribution in [2.45, 2.75) is 62.6 Å². The molecule has 0 aliphatic heterocycles. The average molecular weight is 784 g/mol. The molecule has 0 heterocycles. The standard InChI is InChI=1S/2C20H21.C2H3BN2O2.2ClH.Zr/c2*1-14-8-5-6-10-17(14)18-11-7-9-15-12-16(13-19(15)18)20(2,3)4;6-1-4-3-5-2-7;;;/h2*5-13H,1-4H3;1-2H,(H-,4,5,6,7);2*1H;/q;;;;;+1/p-1. The summed E-state index contributed by atoms with van der Waals surface area (Å²) in [5.41, 5.74) is 12.6. The van der Waals surface area contributed by atoms with E-state index in [9.17, 15) is 9.59 Å². The van der Waals surface area contributed by atoms with E-state index in [1.807, 2.05) is 0 Å². The molecule has 2 aliphatic carbocycles. The van der Waals surface area contributed by atoms with Crippen LogP contribution in [0.1, 0.15) is 82.2 Å². The van der Waals surface area contributed by atoms with Crippen LogP contribution in [-0.4, -0.2) is 17.3 Å². The van der Waals surface area contributed by atoms with Gasteiger partial charge in [-0.2, -0.15) is 0 Å². The predicted octanol–water partition coefficient (Wildman–Crippen LogP) is 10.8. The summed E-state index contributed by atoms with van der Waals surface area (Å²) in [4.78, 5) is 25.1. The fourth-order valence-corrected chi connectivity index (χ4v) is 29.5. The summed E-state index contributed by atoms with van der Waals surface area (Å²) in [5, 5.41) is 5.97. The van der Waals surface area contributed by atoms with Gasteiger partial charge >= 0.3 is 308 Å². The topological polar surface area (TPSA) is 58.2 Å². The van der Waals surface area contributed by atoms with Crippen molar-refractivity contribution < 1.29 is 25.8 Å². The van der Waals surface area contributed by atoms with E-state index >= 15 is 0 Å². The zero-order chi connectivity index (χ0) is 36.2. The third-order valence-electron chi connectivity index (χ3n) is 10.8. The van der Waals surface area contributed by atoms with Crippen LogP contribution in [-0.2, 0) is 25.8 Å². The van der Waals surface area contributed by atoms with Gasteiger partial charge in [-0.3, -0.25) is 0 Å². The molecule has 257 valence electrons. The summed E-state index contributed by atoms with van der Waals surface area (Å²) >= 11 is -5.97. The first-order chi connectivity index (χ1) is 23.5. The first kappa shape index (κ1) is 36.6. The van der Waals surface area contributed by atoms with Crippen LogP contribution in [0.3, 0.4) is 0 Å². The van der Waals surface area contributed by atoms with Gasteiger partial charge < -0.3 is 0 Å². The molecule has 50 heavy (non-hydrogen) atoms. The van der Waals surface area contributed by atoms with E-state index in [0.29, 0.717) is 12.8 Å². The van der Waals surface area contributed by atoms with Crippen LogP contribution in [0.5, 0.6) is 0 Å². The number of halogens is 2. The second-order valence-corrected chi connectivity index (χ2v) is 37.5. The van der Waals surface area contributed by atoms with Crippen molar-refractivity contribution in [3.63, 3.8) is 0 Å². The van der Waals surface area contributed by atoms with Crippen molar-refractivity contribution in [3.05, 3.63) is 129 Å². The minimum atomic E-state index is -5.97. The summed E-state index contributed by atoms with van der Waals surface area (Å²) in [6.07, 6.45) is 5.83. The molecule has 0 fully saturated rings. The number of rotatable bonds is 9. The van der Waals surface area contributed by atoms with Gasteiger partial charge in [0.1, 0.15) is 0 Å². The predicted molar refractivity (Wildman–Crippen MR) is 209 cm³/mol. The number of allylic oxidation sites excluding steroid dienone is 2. The third kappa shape index (κ3) is 5.90. The van der Waals surface area contributed by atoms with Gasteiger partial charge in [-0.25, -0.2) is 0 Å². The van der Waals surface area contributed by atoms with E-state index < -0.39 is 27.9 Å². The van der Waals surface area contributed by atoms with E-state index in [1.54, 1.807) is 0 Å². The Labute approximate surface area is 305 Å². The zero-order valence-corrected chi connectivity index (χ0v) is 34.2. The molecular formula is C42H46BCl2N2O2Zr. The Kier molecular flexibility index (Phi) is 9.60. The summed E-state index contributed by atoms with van der Waals surface area (Å²) < 4.78 is -1.89. The summed E-state index contributed by atoms with van der Waals surface area (Å²) in [5.74, 6) is 0. The number of nitrogens with one attached hydrogen (secondary N) is 2. The van der Waals surface area contributed by atoms with Crippen molar-refractivity contribution in [1.82, 2.24) is 10.5 Å². The second kappa shape index (κ2) is 13.1. The van der Waals surface area contributed by atoms with Gasteiger partial charge in [-0.05, 0) is 0 Å². The molecule has 6 rings (SSSR count).